The molecule has 0 N–H and O–H groups in total. The fourth-order valence-electron chi connectivity index (χ4n) is 3.36. The van der Waals surface area contributed by atoms with Crippen LogP contribution in [0.2, 0.25) is 0 Å². The second kappa shape index (κ2) is 5.74. The van der Waals surface area contributed by atoms with E-state index in [1.807, 2.05) is 50.4 Å². The SMILES string of the molecule is Cc1ccc(C(C)(C)C)cc1S(=O)(=O)N1CCn2cccc2[C@H]1C. The Labute approximate surface area is 145 Å². The summed E-state index contributed by atoms with van der Waals surface area (Å²) in [6, 6.07) is 9.63. The summed E-state index contributed by atoms with van der Waals surface area (Å²) < 4.78 is 30.5. The molecule has 1 aromatic carbocycles. The van der Waals surface area contributed by atoms with Crippen LogP contribution in [0.25, 0.3) is 0 Å². The summed E-state index contributed by atoms with van der Waals surface area (Å²) >= 11 is 0. The van der Waals surface area contributed by atoms with Gasteiger partial charge in [0.05, 0.1) is 10.9 Å². The summed E-state index contributed by atoms with van der Waals surface area (Å²) in [5.41, 5.74) is 2.81. The third-order valence-electron chi connectivity index (χ3n) is 4.93. The first-order valence-corrected chi connectivity index (χ1v) is 9.84. The lowest BCUT2D eigenvalue weighted by atomic mass is 9.87. The van der Waals surface area contributed by atoms with E-state index in [1.54, 1.807) is 4.31 Å². The molecule has 0 saturated carbocycles. The van der Waals surface area contributed by atoms with Gasteiger partial charge in [-0.2, -0.15) is 4.31 Å². The Morgan fingerprint density at radius 3 is 2.50 bits per heavy atom. The number of nitrogens with zero attached hydrogens (tertiary/aromatic N) is 2. The summed E-state index contributed by atoms with van der Waals surface area (Å²) in [5, 5.41) is 0. The molecule has 0 amide bonds. The smallest absolute Gasteiger partial charge is 0.244 e. The van der Waals surface area contributed by atoms with E-state index in [2.05, 4.69) is 25.3 Å². The third-order valence-corrected chi connectivity index (χ3v) is 7.04. The lowest BCUT2D eigenvalue weighted by Gasteiger charge is -2.34. The van der Waals surface area contributed by atoms with Crippen LogP contribution in [-0.4, -0.2) is 23.8 Å². The maximum absolute atomic E-state index is 13.3. The first-order valence-electron chi connectivity index (χ1n) is 8.40. The third kappa shape index (κ3) is 2.80. The van der Waals surface area contributed by atoms with Crippen molar-refractivity contribution < 1.29 is 8.42 Å². The largest absolute Gasteiger partial charge is 0.349 e. The molecule has 2 heterocycles. The van der Waals surface area contributed by atoms with E-state index in [4.69, 9.17) is 0 Å². The van der Waals surface area contributed by atoms with Crippen LogP contribution in [0.5, 0.6) is 0 Å². The molecular weight excluding hydrogens is 320 g/mol. The standard InChI is InChI=1S/C19H26N2O2S/c1-14-8-9-16(19(3,4)5)13-18(14)24(22,23)21-12-11-20-10-6-7-17(20)15(21)2/h6-10,13,15H,11-12H2,1-5H3/t15-/m1/s1. The van der Waals surface area contributed by atoms with Gasteiger partial charge in [0.25, 0.3) is 0 Å². The molecule has 0 saturated heterocycles. The first-order chi connectivity index (χ1) is 11.1. The molecule has 1 atom stereocenters. The summed E-state index contributed by atoms with van der Waals surface area (Å²) in [6.07, 6.45) is 2.02. The van der Waals surface area contributed by atoms with Crippen molar-refractivity contribution in [3.8, 4) is 0 Å². The Bertz CT molecular complexity index is 860. The second-order valence-corrected chi connectivity index (χ2v) is 9.51. The quantitative estimate of drug-likeness (QED) is 0.829. The van der Waals surface area contributed by atoms with Crippen LogP contribution < -0.4 is 0 Å². The van der Waals surface area contributed by atoms with Gasteiger partial charge in [0, 0.05) is 25.0 Å². The predicted octanol–water partition coefficient (Wildman–Crippen LogP) is 3.86. The van der Waals surface area contributed by atoms with Gasteiger partial charge in [-0.3, -0.25) is 0 Å². The number of benzene rings is 1. The van der Waals surface area contributed by atoms with E-state index < -0.39 is 10.0 Å². The van der Waals surface area contributed by atoms with Crippen LogP contribution in [0.4, 0.5) is 0 Å². The minimum atomic E-state index is -3.53. The Morgan fingerprint density at radius 1 is 1.12 bits per heavy atom. The second-order valence-electron chi connectivity index (χ2n) is 7.65. The van der Waals surface area contributed by atoms with Crippen molar-refractivity contribution in [2.24, 2.45) is 0 Å². The van der Waals surface area contributed by atoms with Gasteiger partial charge in [-0.25, -0.2) is 8.42 Å². The van der Waals surface area contributed by atoms with Crippen LogP contribution >= 0.6 is 0 Å². The highest BCUT2D eigenvalue weighted by Gasteiger charge is 2.35. The van der Waals surface area contributed by atoms with Gasteiger partial charge in [-0.05, 0) is 48.6 Å². The van der Waals surface area contributed by atoms with E-state index in [9.17, 15) is 8.42 Å². The average molecular weight is 346 g/mol. The molecule has 24 heavy (non-hydrogen) atoms. The molecule has 0 spiro atoms. The normalized spacial score (nSPS) is 19.3. The molecule has 0 bridgehead atoms. The van der Waals surface area contributed by atoms with Gasteiger partial charge in [0.2, 0.25) is 10.0 Å². The molecule has 0 fully saturated rings. The Kier molecular flexibility index (Phi) is 4.12. The van der Waals surface area contributed by atoms with Crippen molar-refractivity contribution >= 4 is 10.0 Å². The van der Waals surface area contributed by atoms with Crippen LogP contribution in [0, 0.1) is 6.92 Å². The highest BCUT2D eigenvalue weighted by atomic mass is 32.2. The van der Waals surface area contributed by atoms with Crippen LogP contribution in [0.15, 0.2) is 41.4 Å². The molecule has 4 nitrogen and oxygen atoms in total. The zero-order chi connectivity index (χ0) is 17.7. The summed E-state index contributed by atoms with van der Waals surface area (Å²) in [6.45, 7) is 11.3. The van der Waals surface area contributed by atoms with Crippen molar-refractivity contribution in [3.63, 3.8) is 0 Å². The molecule has 2 aromatic rings. The number of aryl methyl sites for hydroxylation is 1. The van der Waals surface area contributed by atoms with Crippen molar-refractivity contribution in [1.82, 2.24) is 8.87 Å². The molecule has 0 unspecified atom stereocenters. The van der Waals surface area contributed by atoms with Gasteiger partial charge in [-0.1, -0.05) is 32.9 Å². The molecule has 0 radical (unpaired) electrons. The summed E-state index contributed by atoms with van der Waals surface area (Å²) in [5.74, 6) is 0. The number of hydrogen-bond acceptors (Lipinski definition) is 2. The Hall–Kier alpha value is -1.59. The Morgan fingerprint density at radius 2 is 1.83 bits per heavy atom. The topological polar surface area (TPSA) is 42.3 Å². The average Bonchev–Trinajstić information content (AvgIpc) is 2.95. The summed E-state index contributed by atoms with van der Waals surface area (Å²) in [7, 11) is -3.53. The first kappa shape index (κ1) is 17.2. The fraction of sp³-hybridized carbons (Fsp3) is 0.474. The van der Waals surface area contributed by atoms with Gasteiger partial charge >= 0.3 is 0 Å². The predicted molar refractivity (Wildman–Crippen MR) is 96.6 cm³/mol. The zero-order valence-corrected chi connectivity index (χ0v) is 15.9. The van der Waals surface area contributed by atoms with Crippen LogP contribution in [0.3, 0.4) is 0 Å². The highest BCUT2D eigenvalue weighted by Crippen LogP contribution is 2.34. The molecule has 0 aliphatic carbocycles. The highest BCUT2D eigenvalue weighted by molar-refractivity contribution is 7.89. The Balaban J connectivity index is 2.06. The van der Waals surface area contributed by atoms with Crippen molar-refractivity contribution in [2.75, 3.05) is 6.54 Å². The summed E-state index contributed by atoms with van der Waals surface area (Å²) in [4.78, 5) is 0.432. The minimum Gasteiger partial charge on any atom is -0.349 e. The zero-order valence-electron chi connectivity index (χ0n) is 15.1. The number of sulfonamides is 1. The molecule has 130 valence electrons. The van der Waals surface area contributed by atoms with E-state index >= 15 is 0 Å². The number of hydrogen-bond donors (Lipinski definition) is 0. The number of rotatable bonds is 2. The van der Waals surface area contributed by atoms with Gasteiger partial charge in [0.15, 0.2) is 0 Å². The number of fused-ring (bicyclic) bond motifs is 1. The molecular formula is C19H26N2O2S. The van der Waals surface area contributed by atoms with E-state index in [0.29, 0.717) is 18.0 Å². The van der Waals surface area contributed by atoms with Gasteiger partial charge < -0.3 is 4.57 Å². The van der Waals surface area contributed by atoms with Crippen LogP contribution in [-0.2, 0) is 22.0 Å². The monoisotopic (exact) mass is 346 g/mol. The lowest BCUT2D eigenvalue weighted by Crippen LogP contribution is -2.40. The van der Waals surface area contributed by atoms with Gasteiger partial charge in [-0.15, -0.1) is 0 Å². The van der Waals surface area contributed by atoms with Crippen LogP contribution in [0.1, 0.15) is 50.6 Å². The maximum Gasteiger partial charge on any atom is 0.244 e. The van der Waals surface area contributed by atoms with Crippen molar-refractivity contribution in [3.05, 3.63) is 53.3 Å². The fourth-order valence-corrected chi connectivity index (χ4v) is 5.21. The molecule has 5 heteroatoms. The molecule has 3 rings (SSSR count). The van der Waals surface area contributed by atoms with Gasteiger partial charge in [0.1, 0.15) is 0 Å². The number of aromatic nitrogens is 1. The van der Waals surface area contributed by atoms with E-state index in [-0.39, 0.29) is 11.5 Å². The van der Waals surface area contributed by atoms with Crippen molar-refractivity contribution in [2.45, 2.75) is 57.5 Å². The molecule has 1 aliphatic rings. The van der Waals surface area contributed by atoms with E-state index in [0.717, 1.165) is 16.8 Å². The lowest BCUT2D eigenvalue weighted by molar-refractivity contribution is 0.282. The molecule has 1 aliphatic heterocycles. The minimum absolute atomic E-state index is 0.0832. The van der Waals surface area contributed by atoms with Crippen molar-refractivity contribution in [1.29, 1.82) is 0 Å². The maximum atomic E-state index is 13.3. The molecule has 1 aromatic heterocycles. The van der Waals surface area contributed by atoms with E-state index in [1.165, 1.54) is 0 Å².